The zero-order chi connectivity index (χ0) is 16.8. The van der Waals surface area contributed by atoms with Gasteiger partial charge in [-0.25, -0.2) is 0 Å². The molecule has 0 aromatic heterocycles. The summed E-state index contributed by atoms with van der Waals surface area (Å²) < 4.78 is 0. The fraction of sp³-hybridized carbons (Fsp3) is 0.350. The summed E-state index contributed by atoms with van der Waals surface area (Å²) in [4.78, 5) is 4.74. The minimum atomic E-state index is 0.885. The monoisotopic (exact) mass is 339 g/mol. The number of hydrogen-bond donors (Lipinski definition) is 1. The molecule has 0 atom stereocenters. The lowest BCUT2D eigenvalue weighted by molar-refractivity contribution is 0.380. The molecule has 1 heterocycles. The topological polar surface area (TPSA) is 18.5 Å². The summed E-state index contributed by atoms with van der Waals surface area (Å²) in [7, 11) is 0. The number of hydrogen-bond acceptors (Lipinski definition) is 2. The Bertz CT molecular complexity index is 664. The lowest BCUT2D eigenvalue weighted by Gasteiger charge is -2.38. The molecule has 0 spiro atoms. The van der Waals surface area contributed by atoms with Gasteiger partial charge in [-0.1, -0.05) is 48.5 Å². The van der Waals surface area contributed by atoms with Crippen molar-refractivity contribution in [2.75, 3.05) is 37.6 Å². The van der Waals surface area contributed by atoms with Gasteiger partial charge in [-0.05, 0) is 42.8 Å². The van der Waals surface area contributed by atoms with Crippen LogP contribution >= 0.6 is 12.2 Å². The van der Waals surface area contributed by atoms with Crippen molar-refractivity contribution in [3.63, 3.8) is 0 Å². The number of thiocarbonyl (C=S) groups is 1. The van der Waals surface area contributed by atoms with Crippen molar-refractivity contribution >= 4 is 23.0 Å². The maximum Gasteiger partial charge on any atom is 0.169 e. The van der Waals surface area contributed by atoms with Gasteiger partial charge in [0.1, 0.15) is 0 Å². The Morgan fingerprint density at radius 2 is 1.62 bits per heavy atom. The second-order valence-electron chi connectivity index (χ2n) is 6.23. The first kappa shape index (κ1) is 16.8. The molecule has 1 fully saturated rings. The van der Waals surface area contributed by atoms with Crippen LogP contribution in [0, 0.1) is 6.92 Å². The van der Waals surface area contributed by atoms with Crippen LogP contribution in [0.25, 0.3) is 0 Å². The van der Waals surface area contributed by atoms with Crippen LogP contribution < -0.4 is 10.2 Å². The molecular formula is C20H25N3S. The van der Waals surface area contributed by atoms with Crippen LogP contribution in [0.5, 0.6) is 0 Å². The first-order valence-corrected chi connectivity index (χ1v) is 9.02. The standard InChI is InChI=1S/C20H25N3S/c1-17-7-5-6-10-19(17)22-13-15-23(16-14-22)20(24)21-12-11-18-8-3-2-4-9-18/h2-10H,11-16H2,1H3,(H,21,24). The number of para-hydroxylation sites is 1. The smallest absolute Gasteiger partial charge is 0.169 e. The lowest BCUT2D eigenvalue weighted by Crippen LogP contribution is -2.52. The lowest BCUT2D eigenvalue weighted by atomic mass is 10.1. The van der Waals surface area contributed by atoms with E-state index in [1.165, 1.54) is 16.8 Å². The third-order valence-electron chi connectivity index (χ3n) is 4.56. The number of piperazine rings is 1. The third kappa shape index (κ3) is 4.26. The normalized spacial score (nSPS) is 14.5. The highest BCUT2D eigenvalue weighted by Crippen LogP contribution is 2.20. The van der Waals surface area contributed by atoms with Crippen LogP contribution in [0.3, 0.4) is 0 Å². The van der Waals surface area contributed by atoms with Crippen molar-refractivity contribution in [2.24, 2.45) is 0 Å². The van der Waals surface area contributed by atoms with Crippen LogP contribution in [0.4, 0.5) is 5.69 Å². The minimum Gasteiger partial charge on any atom is -0.368 e. The van der Waals surface area contributed by atoms with Gasteiger partial charge in [0.25, 0.3) is 0 Å². The van der Waals surface area contributed by atoms with Gasteiger partial charge in [0.2, 0.25) is 0 Å². The maximum atomic E-state index is 5.57. The molecule has 126 valence electrons. The molecule has 3 nitrogen and oxygen atoms in total. The Labute approximate surface area is 150 Å². The highest BCUT2D eigenvalue weighted by molar-refractivity contribution is 7.80. The van der Waals surface area contributed by atoms with E-state index in [0.717, 1.165) is 44.3 Å². The summed E-state index contributed by atoms with van der Waals surface area (Å²) in [5.74, 6) is 0. The largest absolute Gasteiger partial charge is 0.368 e. The summed E-state index contributed by atoms with van der Waals surface area (Å²) in [6.07, 6.45) is 1.00. The van der Waals surface area contributed by atoms with Gasteiger partial charge in [0.05, 0.1) is 0 Å². The molecule has 1 aliphatic heterocycles. The third-order valence-corrected chi connectivity index (χ3v) is 4.96. The molecule has 1 saturated heterocycles. The summed E-state index contributed by atoms with van der Waals surface area (Å²) in [5, 5.41) is 4.29. The number of benzene rings is 2. The van der Waals surface area contributed by atoms with Gasteiger partial charge in [-0.2, -0.15) is 0 Å². The number of nitrogens with one attached hydrogen (secondary N) is 1. The summed E-state index contributed by atoms with van der Waals surface area (Å²) in [5.41, 5.74) is 4.03. The molecule has 1 N–H and O–H groups in total. The average Bonchev–Trinajstić information content (AvgIpc) is 2.63. The Balaban J connectivity index is 1.44. The molecular weight excluding hydrogens is 314 g/mol. The van der Waals surface area contributed by atoms with Gasteiger partial charge < -0.3 is 15.1 Å². The number of aryl methyl sites for hydroxylation is 1. The van der Waals surface area contributed by atoms with Crippen LogP contribution in [0.1, 0.15) is 11.1 Å². The predicted molar refractivity (Wildman–Crippen MR) is 106 cm³/mol. The average molecular weight is 340 g/mol. The zero-order valence-corrected chi connectivity index (χ0v) is 15.1. The molecule has 0 saturated carbocycles. The van der Waals surface area contributed by atoms with Crippen molar-refractivity contribution in [3.8, 4) is 0 Å². The molecule has 3 rings (SSSR count). The Kier molecular flexibility index (Phi) is 5.70. The number of anilines is 1. The molecule has 2 aromatic carbocycles. The van der Waals surface area contributed by atoms with Gasteiger partial charge in [0, 0.05) is 38.4 Å². The van der Waals surface area contributed by atoms with Gasteiger partial charge in [0.15, 0.2) is 5.11 Å². The molecule has 2 aromatic rings. The highest BCUT2D eigenvalue weighted by atomic mass is 32.1. The van der Waals surface area contributed by atoms with E-state index in [1.54, 1.807) is 0 Å². The van der Waals surface area contributed by atoms with E-state index in [9.17, 15) is 0 Å². The van der Waals surface area contributed by atoms with E-state index in [-0.39, 0.29) is 0 Å². The van der Waals surface area contributed by atoms with Crippen molar-refractivity contribution < 1.29 is 0 Å². The summed E-state index contributed by atoms with van der Waals surface area (Å²) >= 11 is 5.57. The fourth-order valence-electron chi connectivity index (χ4n) is 3.14. The van der Waals surface area contributed by atoms with Crippen molar-refractivity contribution in [1.29, 1.82) is 0 Å². The fourth-order valence-corrected chi connectivity index (χ4v) is 3.42. The van der Waals surface area contributed by atoms with Crippen molar-refractivity contribution in [1.82, 2.24) is 10.2 Å². The van der Waals surface area contributed by atoms with Gasteiger partial charge in [-0.3, -0.25) is 0 Å². The summed E-state index contributed by atoms with van der Waals surface area (Å²) in [6.45, 7) is 7.06. The Hall–Kier alpha value is -2.07. The predicted octanol–water partition coefficient (Wildman–Crippen LogP) is 3.23. The first-order valence-electron chi connectivity index (χ1n) is 8.61. The zero-order valence-electron chi connectivity index (χ0n) is 14.2. The number of rotatable bonds is 4. The molecule has 0 aliphatic carbocycles. The second kappa shape index (κ2) is 8.15. The Morgan fingerprint density at radius 1 is 0.958 bits per heavy atom. The van der Waals surface area contributed by atoms with Crippen LogP contribution in [-0.4, -0.2) is 42.7 Å². The van der Waals surface area contributed by atoms with Crippen molar-refractivity contribution in [2.45, 2.75) is 13.3 Å². The second-order valence-corrected chi connectivity index (χ2v) is 6.61. The Morgan fingerprint density at radius 3 is 2.33 bits per heavy atom. The first-order chi connectivity index (χ1) is 11.7. The molecule has 0 bridgehead atoms. The molecule has 0 amide bonds. The summed E-state index contributed by atoms with van der Waals surface area (Å²) in [6, 6.07) is 19.1. The van der Waals surface area contributed by atoms with E-state index in [1.807, 2.05) is 0 Å². The minimum absolute atomic E-state index is 0.885. The van der Waals surface area contributed by atoms with E-state index < -0.39 is 0 Å². The van der Waals surface area contributed by atoms with Gasteiger partial charge in [-0.15, -0.1) is 0 Å². The van der Waals surface area contributed by atoms with E-state index in [4.69, 9.17) is 12.2 Å². The quantitative estimate of drug-likeness (QED) is 0.862. The number of nitrogens with zero attached hydrogens (tertiary/aromatic N) is 2. The van der Waals surface area contributed by atoms with Crippen LogP contribution in [0.15, 0.2) is 54.6 Å². The SMILES string of the molecule is Cc1ccccc1N1CCN(C(=S)NCCc2ccccc2)CC1. The van der Waals surface area contributed by atoms with E-state index in [2.05, 4.69) is 76.6 Å². The molecule has 0 unspecified atom stereocenters. The van der Waals surface area contributed by atoms with Crippen molar-refractivity contribution in [3.05, 3.63) is 65.7 Å². The van der Waals surface area contributed by atoms with E-state index in [0.29, 0.717) is 0 Å². The molecule has 4 heteroatoms. The molecule has 1 aliphatic rings. The molecule has 24 heavy (non-hydrogen) atoms. The van der Waals surface area contributed by atoms with Crippen LogP contribution in [0.2, 0.25) is 0 Å². The van der Waals surface area contributed by atoms with E-state index >= 15 is 0 Å². The molecule has 0 radical (unpaired) electrons. The highest BCUT2D eigenvalue weighted by Gasteiger charge is 2.19. The maximum absolute atomic E-state index is 5.57. The van der Waals surface area contributed by atoms with Crippen LogP contribution in [-0.2, 0) is 6.42 Å². The van der Waals surface area contributed by atoms with Gasteiger partial charge >= 0.3 is 0 Å².